The van der Waals surface area contributed by atoms with Crippen LogP contribution in [-0.4, -0.2) is 41.0 Å². The standard InChI is InChI=1S/C14H23NO3/c1-11-5-6-13(18-11)12(17)7-8-15(9-10-16)14(2,3)4/h5-6,16H,7-10H2,1-4H3. The number of rotatable bonds is 6. The Labute approximate surface area is 109 Å². The first-order valence-electron chi connectivity index (χ1n) is 6.30. The lowest BCUT2D eigenvalue weighted by atomic mass is 10.1. The van der Waals surface area contributed by atoms with Crippen LogP contribution in [0.15, 0.2) is 16.5 Å². The molecule has 0 saturated carbocycles. The molecule has 1 rings (SSSR count). The van der Waals surface area contributed by atoms with Crippen molar-refractivity contribution in [3.8, 4) is 0 Å². The van der Waals surface area contributed by atoms with Gasteiger partial charge in [0.25, 0.3) is 0 Å². The van der Waals surface area contributed by atoms with E-state index in [1.165, 1.54) is 0 Å². The summed E-state index contributed by atoms with van der Waals surface area (Å²) < 4.78 is 5.31. The average molecular weight is 253 g/mol. The Morgan fingerprint density at radius 1 is 1.33 bits per heavy atom. The molecular weight excluding hydrogens is 230 g/mol. The molecular formula is C14H23NO3. The molecule has 18 heavy (non-hydrogen) atoms. The SMILES string of the molecule is Cc1ccc(C(=O)CCN(CCO)C(C)(C)C)o1. The Kier molecular flexibility index (Phi) is 5.11. The average Bonchev–Trinajstić information content (AvgIpc) is 2.69. The minimum absolute atomic E-state index is 0.00953. The van der Waals surface area contributed by atoms with Gasteiger partial charge in [0.1, 0.15) is 5.76 Å². The van der Waals surface area contributed by atoms with Gasteiger partial charge in [-0.1, -0.05) is 0 Å². The lowest BCUT2D eigenvalue weighted by Crippen LogP contribution is -2.44. The fraction of sp³-hybridized carbons (Fsp3) is 0.643. The Morgan fingerprint density at radius 2 is 2.00 bits per heavy atom. The summed E-state index contributed by atoms with van der Waals surface area (Å²) >= 11 is 0. The Bertz CT molecular complexity index is 390. The third kappa shape index (κ3) is 4.27. The van der Waals surface area contributed by atoms with Gasteiger partial charge in [-0.05, 0) is 39.8 Å². The van der Waals surface area contributed by atoms with Gasteiger partial charge in [0.15, 0.2) is 11.5 Å². The molecule has 0 aliphatic carbocycles. The van der Waals surface area contributed by atoms with E-state index in [1.807, 2.05) is 6.92 Å². The van der Waals surface area contributed by atoms with E-state index in [4.69, 9.17) is 9.52 Å². The molecule has 0 fully saturated rings. The van der Waals surface area contributed by atoms with Crippen LogP contribution < -0.4 is 0 Å². The molecule has 1 aromatic rings. The highest BCUT2D eigenvalue weighted by Crippen LogP contribution is 2.15. The van der Waals surface area contributed by atoms with E-state index in [0.29, 0.717) is 25.3 Å². The predicted molar refractivity (Wildman–Crippen MR) is 70.8 cm³/mol. The number of carbonyl (C=O) groups is 1. The molecule has 1 N–H and O–H groups in total. The van der Waals surface area contributed by atoms with Crippen molar-refractivity contribution in [2.75, 3.05) is 19.7 Å². The molecule has 1 heterocycles. The second-order valence-corrected chi connectivity index (χ2v) is 5.46. The highest BCUT2D eigenvalue weighted by Gasteiger charge is 2.22. The lowest BCUT2D eigenvalue weighted by molar-refractivity contribution is 0.0832. The number of aryl methyl sites for hydroxylation is 1. The highest BCUT2D eigenvalue weighted by molar-refractivity contribution is 5.93. The van der Waals surface area contributed by atoms with Crippen LogP contribution in [0.25, 0.3) is 0 Å². The van der Waals surface area contributed by atoms with Crippen molar-refractivity contribution >= 4 is 5.78 Å². The van der Waals surface area contributed by atoms with Crippen molar-refractivity contribution in [3.63, 3.8) is 0 Å². The molecule has 0 aliphatic heterocycles. The van der Waals surface area contributed by atoms with E-state index in [9.17, 15) is 4.79 Å². The Hall–Kier alpha value is -1.13. The van der Waals surface area contributed by atoms with Crippen LogP contribution in [-0.2, 0) is 0 Å². The minimum Gasteiger partial charge on any atom is -0.458 e. The number of Topliss-reactive ketones (excluding diaryl/α,β-unsaturated/α-hetero) is 1. The van der Waals surface area contributed by atoms with Gasteiger partial charge in [-0.2, -0.15) is 0 Å². The number of ketones is 1. The maximum Gasteiger partial charge on any atom is 0.199 e. The van der Waals surface area contributed by atoms with Crippen LogP contribution in [0.3, 0.4) is 0 Å². The van der Waals surface area contributed by atoms with E-state index in [1.54, 1.807) is 12.1 Å². The van der Waals surface area contributed by atoms with Gasteiger partial charge >= 0.3 is 0 Å². The first-order chi connectivity index (χ1) is 8.34. The normalized spacial score (nSPS) is 12.1. The van der Waals surface area contributed by atoms with Crippen LogP contribution in [0.4, 0.5) is 0 Å². The molecule has 102 valence electrons. The number of aliphatic hydroxyl groups is 1. The van der Waals surface area contributed by atoms with Gasteiger partial charge in [-0.25, -0.2) is 0 Å². The third-order valence-electron chi connectivity index (χ3n) is 2.94. The van der Waals surface area contributed by atoms with Crippen LogP contribution in [0.5, 0.6) is 0 Å². The van der Waals surface area contributed by atoms with E-state index >= 15 is 0 Å². The number of hydrogen-bond donors (Lipinski definition) is 1. The van der Waals surface area contributed by atoms with Crippen molar-refractivity contribution < 1.29 is 14.3 Å². The summed E-state index contributed by atoms with van der Waals surface area (Å²) in [4.78, 5) is 14.0. The fourth-order valence-electron chi connectivity index (χ4n) is 1.85. The summed E-state index contributed by atoms with van der Waals surface area (Å²) in [5.74, 6) is 1.18. The van der Waals surface area contributed by atoms with Gasteiger partial charge in [0.05, 0.1) is 6.61 Å². The zero-order valence-electron chi connectivity index (χ0n) is 11.7. The lowest BCUT2D eigenvalue weighted by Gasteiger charge is -2.34. The van der Waals surface area contributed by atoms with Gasteiger partial charge in [-0.3, -0.25) is 9.69 Å². The largest absolute Gasteiger partial charge is 0.458 e. The molecule has 0 unspecified atom stereocenters. The Morgan fingerprint density at radius 3 is 2.44 bits per heavy atom. The van der Waals surface area contributed by atoms with Crippen molar-refractivity contribution in [1.82, 2.24) is 4.90 Å². The quantitative estimate of drug-likeness (QED) is 0.790. The number of hydrogen-bond acceptors (Lipinski definition) is 4. The topological polar surface area (TPSA) is 53.7 Å². The molecule has 0 radical (unpaired) electrons. The van der Waals surface area contributed by atoms with Gasteiger partial charge in [0, 0.05) is 25.0 Å². The summed E-state index contributed by atoms with van der Waals surface area (Å²) in [7, 11) is 0. The zero-order chi connectivity index (χ0) is 13.8. The summed E-state index contributed by atoms with van der Waals surface area (Å²) in [5, 5.41) is 9.04. The maximum absolute atomic E-state index is 11.9. The van der Waals surface area contributed by atoms with Crippen LogP contribution >= 0.6 is 0 Å². The minimum atomic E-state index is -0.0535. The van der Waals surface area contributed by atoms with Gasteiger partial charge < -0.3 is 9.52 Å². The molecule has 0 amide bonds. The van der Waals surface area contributed by atoms with E-state index < -0.39 is 0 Å². The molecule has 0 aromatic carbocycles. The predicted octanol–water partition coefficient (Wildman–Crippen LogP) is 2.25. The summed E-state index contributed by atoms with van der Waals surface area (Å²) in [6.45, 7) is 9.35. The number of nitrogens with zero attached hydrogens (tertiary/aromatic N) is 1. The summed E-state index contributed by atoms with van der Waals surface area (Å²) in [6, 6.07) is 3.51. The number of furan rings is 1. The molecule has 0 bridgehead atoms. The second kappa shape index (κ2) is 6.16. The number of carbonyl (C=O) groups excluding carboxylic acids is 1. The molecule has 1 aromatic heterocycles. The molecule has 0 saturated heterocycles. The second-order valence-electron chi connectivity index (χ2n) is 5.46. The van der Waals surface area contributed by atoms with E-state index in [2.05, 4.69) is 25.7 Å². The van der Waals surface area contributed by atoms with Gasteiger partial charge in [-0.15, -0.1) is 0 Å². The third-order valence-corrected chi connectivity index (χ3v) is 2.94. The Balaban J connectivity index is 2.55. The molecule has 0 aliphatic rings. The smallest absolute Gasteiger partial charge is 0.199 e. The van der Waals surface area contributed by atoms with Crippen LogP contribution in [0.1, 0.15) is 43.5 Å². The summed E-state index contributed by atoms with van der Waals surface area (Å²) in [6.07, 6.45) is 0.407. The van der Waals surface area contributed by atoms with E-state index in [-0.39, 0.29) is 17.9 Å². The maximum atomic E-state index is 11.9. The monoisotopic (exact) mass is 253 g/mol. The van der Waals surface area contributed by atoms with Crippen molar-refractivity contribution in [2.45, 2.75) is 39.7 Å². The van der Waals surface area contributed by atoms with Crippen LogP contribution in [0.2, 0.25) is 0 Å². The molecule has 0 spiro atoms. The van der Waals surface area contributed by atoms with Crippen molar-refractivity contribution in [1.29, 1.82) is 0 Å². The molecule has 4 nitrogen and oxygen atoms in total. The van der Waals surface area contributed by atoms with Crippen molar-refractivity contribution in [2.24, 2.45) is 0 Å². The number of aliphatic hydroxyl groups excluding tert-OH is 1. The van der Waals surface area contributed by atoms with Crippen LogP contribution in [0, 0.1) is 6.92 Å². The first kappa shape index (κ1) is 14.9. The fourth-order valence-corrected chi connectivity index (χ4v) is 1.85. The highest BCUT2D eigenvalue weighted by atomic mass is 16.3. The first-order valence-corrected chi connectivity index (χ1v) is 6.30. The van der Waals surface area contributed by atoms with Gasteiger partial charge in [0.2, 0.25) is 0 Å². The summed E-state index contributed by atoms with van der Waals surface area (Å²) in [5.41, 5.74) is -0.0535. The van der Waals surface area contributed by atoms with Crippen molar-refractivity contribution in [3.05, 3.63) is 23.7 Å². The number of β-amino-alcohol motifs (C(OH)–C–C–N with tert-alkyl or cyclic N) is 1. The molecule has 0 atom stereocenters. The molecule has 4 heteroatoms. The van der Waals surface area contributed by atoms with E-state index in [0.717, 1.165) is 5.76 Å². The zero-order valence-corrected chi connectivity index (χ0v) is 11.7.